The molecule has 106 heavy (non-hydrogen) atoms. The maximum absolute atomic E-state index is 13.1. The van der Waals surface area contributed by atoms with E-state index in [0.717, 1.165) is 231 Å². The highest BCUT2D eigenvalue weighted by atomic mass is 31.2. The molecule has 0 saturated carbocycles. The first-order valence-electron chi connectivity index (χ1n) is 40.7. The summed E-state index contributed by atoms with van der Waals surface area (Å²) in [5.74, 6) is -2.25. The lowest BCUT2D eigenvalue weighted by molar-refractivity contribution is -0.161. The van der Waals surface area contributed by atoms with E-state index in [1.54, 1.807) is 0 Å². The fraction of sp³-hybridized carbons (Fsp3) is 0.655. The number of carbonyl (C=O) groups excluding carboxylic acids is 4. The molecule has 0 heterocycles. The Morgan fingerprint density at radius 2 is 0.491 bits per heavy atom. The minimum absolute atomic E-state index is 0.0662. The lowest BCUT2D eigenvalue weighted by atomic mass is 10.1. The zero-order valence-electron chi connectivity index (χ0n) is 66.1. The van der Waals surface area contributed by atoms with Gasteiger partial charge in [0.1, 0.15) is 19.3 Å². The molecular weight excluding hydrogens is 1380 g/mol. The van der Waals surface area contributed by atoms with Gasteiger partial charge in [-0.1, -0.05) is 282 Å². The van der Waals surface area contributed by atoms with Gasteiger partial charge in [-0.05, 0) is 161 Å². The number of phosphoric ester groups is 2. The van der Waals surface area contributed by atoms with E-state index in [2.05, 4.69) is 186 Å². The van der Waals surface area contributed by atoms with Gasteiger partial charge < -0.3 is 33.8 Å². The van der Waals surface area contributed by atoms with Crippen molar-refractivity contribution in [3.05, 3.63) is 158 Å². The Hall–Kier alpha value is -5.32. The van der Waals surface area contributed by atoms with Gasteiger partial charge >= 0.3 is 39.5 Å². The fourth-order valence-corrected chi connectivity index (χ4v) is 12.0. The molecule has 0 aliphatic carbocycles. The number of aliphatic hydroxyl groups is 1. The predicted molar refractivity (Wildman–Crippen MR) is 436 cm³/mol. The Morgan fingerprint density at radius 3 is 0.764 bits per heavy atom. The molecule has 0 aliphatic rings. The second kappa shape index (κ2) is 77.8. The van der Waals surface area contributed by atoms with Crippen LogP contribution in [-0.4, -0.2) is 96.7 Å². The molecule has 604 valence electrons. The number of phosphoric acid groups is 2. The molecule has 0 spiro atoms. The van der Waals surface area contributed by atoms with E-state index in [0.29, 0.717) is 25.7 Å². The van der Waals surface area contributed by atoms with Gasteiger partial charge in [-0.2, -0.15) is 0 Å². The van der Waals surface area contributed by atoms with Crippen LogP contribution >= 0.6 is 15.6 Å². The molecule has 0 rings (SSSR count). The zero-order valence-corrected chi connectivity index (χ0v) is 67.8. The van der Waals surface area contributed by atoms with Crippen molar-refractivity contribution >= 4 is 39.5 Å². The van der Waals surface area contributed by atoms with Crippen molar-refractivity contribution < 1.29 is 80.2 Å². The zero-order chi connectivity index (χ0) is 77.4. The molecule has 0 radical (unpaired) electrons. The summed E-state index contributed by atoms with van der Waals surface area (Å²) < 4.78 is 68.6. The first kappa shape index (κ1) is 101. The molecule has 0 amide bonds. The molecule has 0 aromatic heterocycles. The third-order valence-corrected chi connectivity index (χ3v) is 18.4. The summed E-state index contributed by atoms with van der Waals surface area (Å²) in [5.41, 5.74) is 0. The average molecular weight is 1520 g/mol. The molecule has 0 fully saturated rings. The lowest BCUT2D eigenvalue weighted by Gasteiger charge is -2.21. The molecule has 5 unspecified atom stereocenters. The average Bonchev–Trinajstić information content (AvgIpc) is 0.900. The molecule has 0 aliphatic heterocycles. The van der Waals surface area contributed by atoms with Crippen LogP contribution in [0.1, 0.15) is 310 Å². The van der Waals surface area contributed by atoms with Crippen molar-refractivity contribution in [3.63, 3.8) is 0 Å². The minimum atomic E-state index is -5.00. The fourth-order valence-electron chi connectivity index (χ4n) is 10.4. The number of esters is 4. The second-order valence-corrected chi connectivity index (χ2v) is 29.5. The van der Waals surface area contributed by atoms with E-state index < -0.39 is 97.5 Å². The Bertz CT molecular complexity index is 2630. The monoisotopic (exact) mass is 1520 g/mol. The highest BCUT2D eigenvalue weighted by molar-refractivity contribution is 7.47. The van der Waals surface area contributed by atoms with Gasteiger partial charge in [-0.25, -0.2) is 9.13 Å². The number of carbonyl (C=O) groups is 4. The summed E-state index contributed by atoms with van der Waals surface area (Å²) in [4.78, 5) is 73.1. The normalized spacial score (nSPS) is 14.7. The first-order chi connectivity index (χ1) is 51.7. The first-order valence-corrected chi connectivity index (χ1v) is 43.7. The second-order valence-electron chi connectivity index (χ2n) is 26.6. The van der Waals surface area contributed by atoms with Crippen LogP contribution in [0.25, 0.3) is 0 Å². The molecule has 0 saturated heterocycles. The van der Waals surface area contributed by atoms with E-state index in [4.69, 9.17) is 37.0 Å². The largest absolute Gasteiger partial charge is 0.472 e. The van der Waals surface area contributed by atoms with Crippen molar-refractivity contribution in [1.82, 2.24) is 0 Å². The highest BCUT2D eigenvalue weighted by Crippen LogP contribution is 2.45. The molecule has 3 N–H and O–H groups in total. The van der Waals surface area contributed by atoms with Crippen molar-refractivity contribution in [3.8, 4) is 0 Å². The van der Waals surface area contributed by atoms with Crippen LogP contribution in [0.4, 0.5) is 0 Å². The van der Waals surface area contributed by atoms with E-state index in [1.165, 1.54) is 0 Å². The topological polar surface area (TPSA) is 237 Å². The summed E-state index contributed by atoms with van der Waals surface area (Å²) in [6.45, 7) is 4.41. The van der Waals surface area contributed by atoms with Crippen molar-refractivity contribution in [2.75, 3.05) is 39.6 Å². The number of aliphatic hydroxyl groups excluding tert-OH is 1. The maximum atomic E-state index is 13.1. The summed E-state index contributed by atoms with van der Waals surface area (Å²) in [6, 6.07) is 0. The number of unbranched alkanes of at least 4 members (excludes halogenated alkanes) is 23. The Morgan fingerprint density at radius 1 is 0.274 bits per heavy atom. The van der Waals surface area contributed by atoms with Crippen LogP contribution in [-0.2, 0) is 65.4 Å². The quantitative estimate of drug-likeness (QED) is 0.0169. The molecule has 0 aromatic rings. The van der Waals surface area contributed by atoms with Crippen LogP contribution in [0.3, 0.4) is 0 Å². The predicted octanol–water partition coefficient (Wildman–Crippen LogP) is 24.0. The molecule has 17 nitrogen and oxygen atoms in total. The number of ether oxygens (including phenoxy) is 4. The van der Waals surface area contributed by atoms with Gasteiger partial charge in [0.05, 0.1) is 26.4 Å². The van der Waals surface area contributed by atoms with Gasteiger partial charge in [0, 0.05) is 25.7 Å². The summed E-state index contributed by atoms with van der Waals surface area (Å²) in [6.07, 6.45) is 90.7. The third-order valence-electron chi connectivity index (χ3n) is 16.4. The third kappa shape index (κ3) is 76.9. The molecule has 19 heteroatoms. The Kier molecular flexibility index (Phi) is 73.9. The highest BCUT2D eigenvalue weighted by Gasteiger charge is 2.30. The Labute approximate surface area is 642 Å². The standard InChI is InChI=1S/C87H144O17P2/c1-5-9-13-17-21-25-29-33-36-39-40-43-45-49-52-56-60-64-68-72-85(90)97-77-82(103-86(91)73-69-65-61-57-53-47-32-28-24-20-16-12-8-4)79-101-105(93,94)99-75-81(88)76-100-106(95,96)102-80-83(104-87(92)74-70-66-62-58-54-50-46-42-38-35-31-27-23-19-15-11-7-3)78-98-84(89)71-67-63-59-55-51-48-44-41-37-34-30-26-22-18-14-10-6-2/h9-11,13-16,20-23,25-28,32-38,40,43,49,52,81-83,88H,5-8,12,17-19,24,29-31,39,41-42,44-48,50-51,53-80H2,1-4H3,(H,93,94)(H,95,96)/b13-9-,14-10-,15-11-,20-16-,25-21-,26-22-,27-23-,32-28-,36-33-,37-34-,38-35-,43-40-,52-49-. The van der Waals surface area contributed by atoms with Crippen molar-refractivity contribution in [2.24, 2.45) is 0 Å². The van der Waals surface area contributed by atoms with Crippen molar-refractivity contribution in [1.29, 1.82) is 0 Å². The Balaban J connectivity index is 5.41. The lowest BCUT2D eigenvalue weighted by Crippen LogP contribution is -2.30. The molecule has 0 aromatic carbocycles. The van der Waals surface area contributed by atoms with Gasteiger partial charge in [-0.3, -0.25) is 37.3 Å². The van der Waals surface area contributed by atoms with Crippen LogP contribution in [0, 0.1) is 0 Å². The molecular formula is C87H144O17P2. The van der Waals surface area contributed by atoms with Crippen LogP contribution < -0.4 is 0 Å². The SMILES string of the molecule is CC/C=C\C/C=C\C/C=C\C/C=C\C/C=C\CCCCCC(=O)OCC(COP(=O)(O)OCC(O)COP(=O)(O)OCC(COC(=O)CCCCCCCCC/C=C\C/C=C\C/C=C\CC)OC(=O)CCCCCCCCC/C=C\C/C=C\C/C=C\CC)OC(=O)CCCCCCC/C=C\C/C=C\CCC. The maximum Gasteiger partial charge on any atom is 0.472 e. The minimum Gasteiger partial charge on any atom is -0.462 e. The number of rotatable bonds is 75. The smallest absolute Gasteiger partial charge is 0.462 e. The number of hydrogen-bond donors (Lipinski definition) is 3. The van der Waals surface area contributed by atoms with E-state index >= 15 is 0 Å². The van der Waals surface area contributed by atoms with Crippen LogP contribution in [0.2, 0.25) is 0 Å². The molecule has 5 atom stereocenters. The van der Waals surface area contributed by atoms with E-state index in [9.17, 15) is 43.2 Å². The van der Waals surface area contributed by atoms with Gasteiger partial charge in [0.2, 0.25) is 0 Å². The summed E-state index contributed by atoms with van der Waals surface area (Å²) in [7, 11) is -9.99. The van der Waals surface area contributed by atoms with Crippen LogP contribution in [0.5, 0.6) is 0 Å². The van der Waals surface area contributed by atoms with Gasteiger partial charge in [0.25, 0.3) is 0 Å². The molecule has 0 bridgehead atoms. The van der Waals surface area contributed by atoms with E-state index in [1.807, 2.05) is 0 Å². The van der Waals surface area contributed by atoms with Gasteiger partial charge in [0.15, 0.2) is 12.2 Å². The van der Waals surface area contributed by atoms with Crippen LogP contribution in [0.15, 0.2) is 158 Å². The van der Waals surface area contributed by atoms with Gasteiger partial charge in [-0.15, -0.1) is 0 Å². The number of hydrogen-bond acceptors (Lipinski definition) is 15. The van der Waals surface area contributed by atoms with Crippen molar-refractivity contribution in [2.45, 2.75) is 329 Å². The van der Waals surface area contributed by atoms with E-state index in [-0.39, 0.29) is 25.7 Å². The summed E-state index contributed by atoms with van der Waals surface area (Å²) in [5, 5.41) is 10.7. The summed E-state index contributed by atoms with van der Waals surface area (Å²) >= 11 is 0. The number of allylic oxidation sites excluding steroid dienone is 26.